The van der Waals surface area contributed by atoms with E-state index in [1.807, 2.05) is 30.3 Å². The van der Waals surface area contributed by atoms with Gasteiger partial charge >= 0.3 is 0 Å². The van der Waals surface area contributed by atoms with Crippen molar-refractivity contribution in [3.05, 3.63) is 64.1 Å². The van der Waals surface area contributed by atoms with Gasteiger partial charge < -0.3 is 9.80 Å². The van der Waals surface area contributed by atoms with Crippen LogP contribution in [0.4, 0.5) is 0 Å². The highest BCUT2D eigenvalue weighted by Crippen LogP contribution is 2.09. The summed E-state index contributed by atoms with van der Waals surface area (Å²) in [6.07, 6.45) is 1.19. The molecule has 1 aromatic heterocycles. The monoisotopic (exact) mass is 340 g/mol. The van der Waals surface area contributed by atoms with Gasteiger partial charge in [-0.05, 0) is 18.1 Å². The van der Waals surface area contributed by atoms with E-state index in [0.717, 1.165) is 12.0 Å². The first-order chi connectivity index (χ1) is 12.1. The Kier molecular flexibility index (Phi) is 5.23. The Morgan fingerprint density at radius 2 is 1.64 bits per heavy atom. The standard InChI is InChI=1S/C18H20N4O3/c23-16-8-7-15(19-20-16)18(25)22-12-10-21(11-13-22)17(24)9-6-14-4-2-1-3-5-14/h1-5,7-8H,6,9-13H2,(H,20,23). The van der Waals surface area contributed by atoms with Crippen LogP contribution in [0, 0.1) is 0 Å². The summed E-state index contributed by atoms with van der Waals surface area (Å²) in [6.45, 7) is 1.97. The van der Waals surface area contributed by atoms with Crippen molar-refractivity contribution in [2.24, 2.45) is 0 Å². The largest absolute Gasteiger partial charge is 0.339 e. The van der Waals surface area contributed by atoms with Gasteiger partial charge in [-0.25, -0.2) is 5.10 Å². The van der Waals surface area contributed by atoms with E-state index in [4.69, 9.17) is 0 Å². The van der Waals surface area contributed by atoms with Gasteiger partial charge in [-0.1, -0.05) is 30.3 Å². The Balaban J connectivity index is 1.49. The zero-order valence-corrected chi connectivity index (χ0v) is 13.9. The minimum Gasteiger partial charge on any atom is -0.339 e. The van der Waals surface area contributed by atoms with Crippen LogP contribution in [-0.2, 0) is 11.2 Å². The van der Waals surface area contributed by atoms with Crippen LogP contribution < -0.4 is 5.56 Å². The van der Waals surface area contributed by atoms with Gasteiger partial charge in [0.05, 0.1) is 0 Å². The van der Waals surface area contributed by atoms with E-state index in [0.29, 0.717) is 32.6 Å². The molecule has 0 radical (unpaired) electrons. The van der Waals surface area contributed by atoms with Crippen LogP contribution in [0.25, 0.3) is 0 Å². The summed E-state index contributed by atoms with van der Waals surface area (Å²) in [5, 5.41) is 6.02. The number of aromatic amines is 1. The van der Waals surface area contributed by atoms with Crippen molar-refractivity contribution in [2.45, 2.75) is 12.8 Å². The molecule has 1 aliphatic rings. The maximum absolute atomic E-state index is 12.3. The number of rotatable bonds is 4. The number of nitrogens with zero attached hydrogens (tertiary/aromatic N) is 3. The maximum atomic E-state index is 12.3. The molecule has 0 aliphatic carbocycles. The third kappa shape index (κ3) is 4.32. The molecule has 1 aromatic carbocycles. The lowest BCUT2D eigenvalue weighted by atomic mass is 10.1. The Bertz CT molecular complexity index is 775. The molecule has 2 amide bonds. The van der Waals surface area contributed by atoms with Crippen LogP contribution in [0.15, 0.2) is 47.3 Å². The molecule has 0 atom stereocenters. The third-order valence-corrected chi connectivity index (χ3v) is 4.29. The third-order valence-electron chi connectivity index (χ3n) is 4.29. The fourth-order valence-electron chi connectivity index (χ4n) is 2.84. The molecule has 1 aliphatic heterocycles. The van der Waals surface area contributed by atoms with Crippen LogP contribution in [-0.4, -0.2) is 58.0 Å². The molecule has 1 N–H and O–H groups in total. The lowest BCUT2D eigenvalue weighted by Crippen LogP contribution is -2.50. The van der Waals surface area contributed by atoms with Crippen molar-refractivity contribution >= 4 is 11.8 Å². The summed E-state index contributed by atoms with van der Waals surface area (Å²) in [5.41, 5.74) is 1.02. The summed E-state index contributed by atoms with van der Waals surface area (Å²) in [7, 11) is 0. The van der Waals surface area contributed by atoms with Gasteiger partial charge in [-0.2, -0.15) is 5.10 Å². The number of amides is 2. The van der Waals surface area contributed by atoms with Crippen molar-refractivity contribution in [3.63, 3.8) is 0 Å². The van der Waals surface area contributed by atoms with Crippen molar-refractivity contribution in [1.82, 2.24) is 20.0 Å². The second-order valence-corrected chi connectivity index (χ2v) is 5.97. The molecule has 7 nitrogen and oxygen atoms in total. The molecule has 1 saturated heterocycles. The van der Waals surface area contributed by atoms with Gasteiger partial charge in [0.1, 0.15) is 5.69 Å². The first-order valence-electron chi connectivity index (χ1n) is 8.30. The van der Waals surface area contributed by atoms with E-state index < -0.39 is 0 Å². The molecule has 2 heterocycles. The van der Waals surface area contributed by atoms with E-state index in [-0.39, 0.29) is 23.1 Å². The number of piperazine rings is 1. The normalized spacial score (nSPS) is 14.4. The fraction of sp³-hybridized carbons (Fsp3) is 0.333. The quantitative estimate of drug-likeness (QED) is 0.887. The first kappa shape index (κ1) is 16.9. The van der Waals surface area contributed by atoms with Crippen molar-refractivity contribution < 1.29 is 9.59 Å². The van der Waals surface area contributed by atoms with Gasteiger partial charge in [0, 0.05) is 38.7 Å². The highest BCUT2D eigenvalue weighted by molar-refractivity contribution is 5.92. The highest BCUT2D eigenvalue weighted by atomic mass is 16.2. The van der Waals surface area contributed by atoms with E-state index in [1.165, 1.54) is 12.1 Å². The molecule has 7 heteroatoms. The van der Waals surface area contributed by atoms with E-state index in [2.05, 4.69) is 10.2 Å². The molecule has 130 valence electrons. The molecule has 0 unspecified atom stereocenters. The van der Waals surface area contributed by atoms with Gasteiger partial charge in [-0.15, -0.1) is 0 Å². The van der Waals surface area contributed by atoms with Crippen molar-refractivity contribution in [3.8, 4) is 0 Å². The molecular weight excluding hydrogens is 320 g/mol. The second-order valence-electron chi connectivity index (χ2n) is 5.97. The number of aromatic nitrogens is 2. The van der Waals surface area contributed by atoms with Crippen LogP contribution in [0.5, 0.6) is 0 Å². The van der Waals surface area contributed by atoms with Crippen LogP contribution in [0.2, 0.25) is 0 Å². The minimum atomic E-state index is -0.342. The fourth-order valence-corrected chi connectivity index (χ4v) is 2.84. The summed E-state index contributed by atoms with van der Waals surface area (Å²) < 4.78 is 0. The zero-order valence-electron chi connectivity index (χ0n) is 13.9. The molecule has 0 saturated carbocycles. The highest BCUT2D eigenvalue weighted by Gasteiger charge is 2.25. The second kappa shape index (κ2) is 7.74. The van der Waals surface area contributed by atoms with Crippen LogP contribution in [0.1, 0.15) is 22.5 Å². The number of carbonyl (C=O) groups is 2. The number of aryl methyl sites for hydroxylation is 1. The first-order valence-corrected chi connectivity index (χ1v) is 8.30. The minimum absolute atomic E-state index is 0.109. The Morgan fingerprint density at radius 1 is 0.960 bits per heavy atom. The molecule has 25 heavy (non-hydrogen) atoms. The average Bonchev–Trinajstić information content (AvgIpc) is 2.67. The summed E-state index contributed by atoms with van der Waals surface area (Å²) in [4.78, 5) is 39.1. The lowest BCUT2D eigenvalue weighted by Gasteiger charge is -2.34. The predicted molar refractivity (Wildman–Crippen MR) is 92.1 cm³/mol. The molecule has 2 aromatic rings. The van der Waals surface area contributed by atoms with Gasteiger partial charge in [0.2, 0.25) is 5.91 Å². The number of nitrogens with one attached hydrogen (secondary N) is 1. The Hall–Kier alpha value is -2.96. The maximum Gasteiger partial charge on any atom is 0.274 e. The molecule has 0 spiro atoms. The summed E-state index contributed by atoms with van der Waals surface area (Å²) >= 11 is 0. The van der Waals surface area contributed by atoms with Crippen molar-refractivity contribution in [2.75, 3.05) is 26.2 Å². The number of hydrogen-bond donors (Lipinski definition) is 1. The molecule has 0 bridgehead atoms. The van der Waals surface area contributed by atoms with Gasteiger partial charge in [0.25, 0.3) is 11.5 Å². The molecule has 1 fully saturated rings. The Morgan fingerprint density at radius 3 is 2.28 bits per heavy atom. The zero-order chi connectivity index (χ0) is 17.6. The average molecular weight is 340 g/mol. The number of hydrogen-bond acceptors (Lipinski definition) is 4. The van der Waals surface area contributed by atoms with Gasteiger partial charge in [0.15, 0.2) is 0 Å². The van der Waals surface area contributed by atoms with E-state index >= 15 is 0 Å². The molecule has 3 rings (SSSR count). The number of benzene rings is 1. The SMILES string of the molecule is O=C(CCc1ccccc1)N1CCN(C(=O)c2ccc(=O)[nH]n2)CC1. The summed E-state index contributed by atoms with van der Waals surface area (Å²) in [6, 6.07) is 12.6. The summed E-state index contributed by atoms with van der Waals surface area (Å²) in [5.74, 6) is -0.120. The van der Waals surface area contributed by atoms with Gasteiger partial charge in [-0.3, -0.25) is 14.4 Å². The lowest BCUT2D eigenvalue weighted by molar-refractivity contribution is -0.132. The molecular formula is C18H20N4O3. The topological polar surface area (TPSA) is 86.4 Å². The predicted octanol–water partition coefficient (Wildman–Crippen LogP) is 0.687. The van der Waals surface area contributed by atoms with Crippen LogP contribution in [0.3, 0.4) is 0 Å². The van der Waals surface area contributed by atoms with Crippen molar-refractivity contribution in [1.29, 1.82) is 0 Å². The van der Waals surface area contributed by atoms with E-state index in [1.54, 1.807) is 9.80 Å². The number of carbonyl (C=O) groups excluding carboxylic acids is 2. The Labute approximate surface area is 145 Å². The van der Waals surface area contributed by atoms with E-state index in [9.17, 15) is 14.4 Å². The number of H-pyrrole nitrogens is 1. The van der Waals surface area contributed by atoms with Crippen LogP contribution >= 0.6 is 0 Å². The smallest absolute Gasteiger partial charge is 0.274 e.